The van der Waals surface area contributed by atoms with Crippen molar-refractivity contribution < 1.29 is 23.6 Å². The molecule has 1 aromatic rings. The molecule has 1 aliphatic rings. The molecule has 1 aliphatic heterocycles. The SMILES string of the molecule is O=C(O)c1cc(B2OCCO2)ccc1F. The van der Waals surface area contributed by atoms with E-state index in [1.165, 1.54) is 12.1 Å². The van der Waals surface area contributed by atoms with Crippen molar-refractivity contribution >= 4 is 18.6 Å². The quantitative estimate of drug-likeness (QED) is 0.711. The minimum atomic E-state index is -1.30. The highest BCUT2D eigenvalue weighted by Crippen LogP contribution is 2.07. The lowest BCUT2D eigenvalue weighted by Gasteiger charge is -2.05. The minimum Gasteiger partial charge on any atom is -0.478 e. The number of carbonyl (C=O) groups is 1. The molecule has 1 fully saturated rings. The lowest BCUT2D eigenvalue weighted by Crippen LogP contribution is -2.32. The van der Waals surface area contributed by atoms with Crippen LogP contribution in [-0.4, -0.2) is 31.4 Å². The van der Waals surface area contributed by atoms with Gasteiger partial charge in [-0.15, -0.1) is 0 Å². The normalized spacial score (nSPS) is 15.7. The first-order valence-corrected chi connectivity index (χ1v) is 4.44. The third-order valence-corrected chi connectivity index (χ3v) is 2.11. The Morgan fingerprint density at radius 2 is 2.07 bits per heavy atom. The van der Waals surface area contributed by atoms with E-state index in [2.05, 4.69) is 0 Å². The molecule has 0 aromatic heterocycles. The molecule has 1 heterocycles. The third kappa shape index (κ3) is 2.00. The summed E-state index contributed by atoms with van der Waals surface area (Å²) >= 11 is 0. The van der Waals surface area contributed by atoms with Crippen molar-refractivity contribution in [3.63, 3.8) is 0 Å². The number of aromatic carboxylic acids is 1. The molecule has 78 valence electrons. The summed E-state index contributed by atoms with van der Waals surface area (Å²) < 4.78 is 23.4. The van der Waals surface area contributed by atoms with Gasteiger partial charge in [0.2, 0.25) is 0 Å². The topological polar surface area (TPSA) is 55.8 Å². The van der Waals surface area contributed by atoms with Gasteiger partial charge in [0.1, 0.15) is 5.82 Å². The summed E-state index contributed by atoms with van der Waals surface area (Å²) in [6, 6.07) is 3.79. The molecule has 0 amide bonds. The summed E-state index contributed by atoms with van der Waals surface area (Å²) in [5.74, 6) is -2.06. The van der Waals surface area contributed by atoms with Gasteiger partial charge in [-0.05, 0) is 17.6 Å². The highest BCUT2D eigenvalue weighted by atomic mass is 19.1. The van der Waals surface area contributed by atoms with Crippen LogP contribution in [0.5, 0.6) is 0 Å². The molecule has 0 aliphatic carbocycles. The Bertz CT molecular complexity index is 390. The average Bonchev–Trinajstić information content (AvgIpc) is 2.71. The Morgan fingerprint density at radius 3 is 2.67 bits per heavy atom. The average molecular weight is 210 g/mol. The van der Waals surface area contributed by atoms with Crippen LogP contribution < -0.4 is 5.46 Å². The summed E-state index contributed by atoms with van der Waals surface area (Å²) in [7, 11) is -0.580. The highest BCUT2D eigenvalue weighted by molar-refractivity contribution is 6.61. The Morgan fingerprint density at radius 1 is 1.40 bits per heavy atom. The number of benzene rings is 1. The molecule has 6 heteroatoms. The Hall–Kier alpha value is -1.40. The monoisotopic (exact) mass is 210 g/mol. The van der Waals surface area contributed by atoms with Crippen molar-refractivity contribution in [2.24, 2.45) is 0 Å². The highest BCUT2D eigenvalue weighted by Gasteiger charge is 2.27. The smallest absolute Gasteiger partial charge is 0.478 e. The minimum absolute atomic E-state index is 0.369. The summed E-state index contributed by atoms with van der Waals surface area (Å²) in [5.41, 5.74) is 0.151. The maximum absolute atomic E-state index is 13.0. The molecule has 0 radical (unpaired) electrons. The zero-order chi connectivity index (χ0) is 10.8. The molecular formula is C9H8BFO4. The Kier molecular flexibility index (Phi) is 2.70. The third-order valence-electron chi connectivity index (χ3n) is 2.11. The van der Waals surface area contributed by atoms with Gasteiger partial charge in [0.25, 0.3) is 0 Å². The lowest BCUT2D eigenvalue weighted by molar-refractivity contribution is 0.0692. The summed E-state index contributed by atoms with van der Waals surface area (Å²) in [5, 5.41) is 8.71. The molecule has 0 saturated carbocycles. The van der Waals surface area contributed by atoms with Crippen LogP contribution in [0.25, 0.3) is 0 Å². The van der Waals surface area contributed by atoms with Crippen molar-refractivity contribution in [1.29, 1.82) is 0 Å². The zero-order valence-corrected chi connectivity index (χ0v) is 7.77. The van der Waals surface area contributed by atoms with Crippen LogP contribution >= 0.6 is 0 Å². The number of carboxylic acid groups (broad SMARTS) is 1. The maximum atomic E-state index is 13.0. The summed E-state index contributed by atoms with van der Waals surface area (Å²) in [4.78, 5) is 10.7. The van der Waals surface area contributed by atoms with Gasteiger partial charge >= 0.3 is 13.1 Å². The van der Waals surface area contributed by atoms with Gasteiger partial charge in [0.05, 0.1) is 18.8 Å². The fourth-order valence-corrected chi connectivity index (χ4v) is 1.40. The Balaban J connectivity index is 2.33. The maximum Gasteiger partial charge on any atom is 0.494 e. The van der Waals surface area contributed by atoms with E-state index in [1.54, 1.807) is 0 Å². The number of hydrogen-bond donors (Lipinski definition) is 1. The molecule has 0 spiro atoms. The van der Waals surface area contributed by atoms with Crippen LogP contribution in [0.2, 0.25) is 0 Å². The second-order valence-electron chi connectivity index (χ2n) is 3.12. The van der Waals surface area contributed by atoms with E-state index in [-0.39, 0.29) is 5.56 Å². The number of carboxylic acids is 1. The van der Waals surface area contributed by atoms with Crippen molar-refractivity contribution in [1.82, 2.24) is 0 Å². The molecule has 4 nitrogen and oxygen atoms in total. The van der Waals surface area contributed by atoms with Crippen LogP contribution in [0.1, 0.15) is 10.4 Å². The first-order valence-electron chi connectivity index (χ1n) is 4.44. The molecular weight excluding hydrogens is 202 g/mol. The second kappa shape index (κ2) is 4.00. The van der Waals surface area contributed by atoms with Gasteiger partial charge < -0.3 is 14.4 Å². The summed E-state index contributed by atoms with van der Waals surface area (Å²) in [6.07, 6.45) is 0. The largest absolute Gasteiger partial charge is 0.494 e. The molecule has 15 heavy (non-hydrogen) atoms. The van der Waals surface area contributed by atoms with Gasteiger partial charge in [-0.2, -0.15) is 0 Å². The van der Waals surface area contributed by atoms with Crippen molar-refractivity contribution in [3.8, 4) is 0 Å². The number of hydrogen-bond acceptors (Lipinski definition) is 3. The van der Waals surface area contributed by atoms with E-state index in [0.717, 1.165) is 6.07 Å². The molecule has 0 unspecified atom stereocenters. The van der Waals surface area contributed by atoms with E-state index in [0.29, 0.717) is 18.7 Å². The van der Waals surface area contributed by atoms with Gasteiger partial charge in [-0.3, -0.25) is 0 Å². The fourth-order valence-electron chi connectivity index (χ4n) is 1.40. The molecule has 1 N–H and O–H groups in total. The van der Waals surface area contributed by atoms with Gasteiger partial charge in [-0.1, -0.05) is 6.07 Å². The van der Waals surface area contributed by atoms with Crippen molar-refractivity contribution in [2.45, 2.75) is 0 Å². The zero-order valence-electron chi connectivity index (χ0n) is 7.77. The predicted molar refractivity (Wildman–Crippen MR) is 50.7 cm³/mol. The number of halogens is 1. The van der Waals surface area contributed by atoms with E-state index in [4.69, 9.17) is 14.4 Å². The molecule has 1 saturated heterocycles. The van der Waals surface area contributed by atoms with Crippen LogP contribution in [0.3, 0.4) is 0 Å². The Labute approximate surface area is 85.8 Å². The van der Waals surface area contributed by atoms with Crippen molar-refractivity contribution in [3.05, 3.63) is 29.6 Å². The standard InChI is InChI=1S/C9H8BFO4/c11-8-2-1-6(5-7(8)9(12)13)10-14-3-4-15-10/h1-2,5H,3-4H2,(H,12,13). The second-order valence-corrected chi connectivity index (χ2v) is 3.12. The first-order chi connectivity index (χ1) is 7.18. The molecule has 0 bridgehead atoms. The summed E-state index contributed by atoms with van der Waals surface area (Å²) in [6.45, 7) is 0.925. The van der Waals surface area contributed by atoms with Gasteiger partial charge in [0, 0.05) is 0 Å². The fraction of sp³-hybridized carbons (Fsp3) is 0.222. The van der Waals surface area contributed by atoms with Crippen molar-refractivity contribution in [2.75, 3.05) is 13.2 Å². The van der Waals surface area contributed by atoms with E-state index in [9.17, 15) is 9.18 Å². The van der Waals surface area contributed by atoms with Crippen LogP contribution in [0.15, 0.2) is 18.2 Å². The van der Waals surface area contributed by atoms with Gasteiger partial charge in [-0.25, -0.2) is 9.18 Å². The number of rotatable bonds is 2. The van der Waals surface area contributed by atoms with Crippen LogP contribution in [-0.2, 0) is 9.31 Å². The van der Waals surface area contributed by atoms with Crippen LogP contribution in [0.4, 0.5) is 4.39 Å². The molecule has 2 rings (SSSR count). The predicted octanol–water partition coefficient (Wildman–Crippen LogP) is 0.266. The first kappa shape index (κ1) is 10.1. The van der Waals surface area contributed by atoms with E-state index >= 15 is 0 Å². The van der Waals surface area contributed by atoms with Gasteiger partial charge in [0.15, 0.2) is 0 Å². The van der Waals surface area contributed by atoms with E-state index < -0.39 is 18.9 Å². The lowest BCUT2D eigenvalue weighted by atomic mass is 9.78. The van der Waals surface area contributed by atoms with Crippen LogP contribution in [0, 0.1) is 5.82 Å². The molecule has 1 aromatic carbocycles. The van der Waals surface area contributed by atoms with E-state index in [1.807, 2.05) is 0 Å². The molecule has 0 atom stereocenters.